The number of thiocarbonyl (C=S) groups is 1. The molecule has 2 atom stereocenters. The van der Waals surface area contributed by atoms with Crippen LogP contribution in [0.5, 0.6) is 0 Å². The van der Waals surface area contributed by atoms with Crippen molar-refractivity contribution in [3.63, 3.8) is 0 Å². The summed E-state index contributed by atoms with van der Waals surface area (Å²) < 4.78 is 2.11. The van der Waals surface area contributed by atoms with Crippen LogP contribution in [-0.2, 0) is 6.54 Å². The molecule has 0 saturated carbocycles. The summed E-state index contributed by atoms with van der Waals surface area (Å²) in [4.78, 5) is 15.8. The molecule has 0 radical (unpaired) electrons. The molecule has 6 nitrogen and oxygen atoms in total. The highest BCUT2D eigenvalue weighted by Crippen LogP contribution is 2.40. The summed E-state index contributed by atoms with van der Waals surface area (Å²) in [6, 6.07) is 21.8. The van der Waals surface area contributed by atoms with E-state index in [0.717, 1.165) is 22.9 Å². The largest absolute Gasteiger partial charge is 0.352 e. The van der Waals surface area contributed by atoms with Crippen LogP contribution >= 0.6 is 12.2 Å². The van der Waals surface area contributed by atoms with Gasteiger partial charge in [0.1, 0.15) is 5.82 Å². The van der Waals surface area contributed by atoms with Gasteiger partial charge in [-0.1, -0.05) is 18.2 Å². The minimum atomic E-state index is -0.0835. The molecule has 1 aliphatic rings. The molecule has 0 bridgehead atoms. The number of pyridine rings is 3. The zero-order valence-electron chi connectivity index (χ0n) is 16.2. The van der Waals surface area contributed by atoms with Crippen molar-refractivity contribution >= 4 is 17.3 Å². The number of nitrogens with zero attached hydrogens (tertiary/aromatic N) is 5. The number of rotatable bonds is 5. The van der Waals surface area contributed by atoms with Crippen LogP contribution < -0.4 is 5.32 Å². The molecule has 1 aliphatic heterocycles. The summed E-state index contributed by atoms with van der Waals surface area (Å²) in [6.45, 7) is 0.605. The zero-order chi connectivity index (χ0) is 20.3. The molecule has 5 rings (SSSR count). The molecule has 30 heavy (non-hydrogen) atoms. The van der Waals surface area contributed by atoms with Gasteiger partial charge in [0.25, 0.3) is 0 Å². The highest BCUT2D eigenvalue weighted by atomic mass is 32.1. The Morgan fingerprint density at radius 2 is 1.60 bits per heavy atom. The van der Waals surface area contributed by atoms with E-state index >= 15 is 0 Å². The van der Waals surface area contributed by atoms with Crippen LogP contribution in [0, 0.1) is 0 Å². The first-order valence-electron chi connectivity index (χ1n) is 9.78. The smallest absolute Gasteiger partial charge is 0.170 e. The van der Waals surface area contributed by atoms with Crippen LogP contribution in [0.4, 0.5) is 0 Å². The van der Waals surface area contributed by atoms with Gasteiger partial charge in [0.15, 0.2) is 5.11 Å². The number of aromatic nitrogens is 4. The normalized spacial score (nSPS) is 18.4. The van der Waals surface area contributed by atoms with Crippen molar-refractivity contribution in [2.45, 2.75) is 18.6 Å². The summed E-state index contributed by atoms with van der Waals surface area (Å²) in [7, 11) is 0. The quantitative estimate of drug-likeness (QED) is 0.503. The molecule has 7 heteroatoms. The van der Waals surface area contributed by atoms with E-state index in [1.165, 1.54) is 0 Å². The SMILES string of the molecule is S=C1N[C@@H](c2ccccn2)[C@H](c2cccn2-c2ccccn2)N1Cc1ccccn1. The van der Waals surface area contributed by atoms with Gasteiger partial charge in [-0.15, -0.1) is 0 Å². The van der Waals surface area contributed by atoms with Gasteiger partial charge in [-0.2, -0.15) is 0 Å². The summed E-state index contributed by atoms with van der Waals surface area (Å²) >= 11 is 5.76. The minimum absolute atomic E-state index is 0.0635. The van der Waals surface area contributed by atoms with Crippen molar-refractivity contribution < 1.29 is 0 Å². The molecular weight excluding hydrogens is 392 g/mol. The maximum Gasteiger partial charge on any atom is 0.170 e. The summed E-state index contributed by atoms with van der Waals surface area (Å²) in [5.41, 5.74) is 3.00. The molecule has 1 fully saturated rings. The molecule has 1 N–H and O–H groups in total. The van der Waals surface area contributed by atoms with Crippen molar-refractivity contribution in [3.8, 4) is 5.82 Å². The van der Waals surface area contributed by atoms with Gasteiger partial charge in [0.05, 0.1) is 30.0 Å². The van der Waals surface area contributed by atoms with Crippen molar-refractivity contribution in [2.24, 2.45) is 0 Å². The summed E-state index contributed by atoms with van der Waals surface area (Å²) in [5, 5.41) is 4.18. The van der Waals surface area contributed by atoms with E-state index in [-0.39, 0.29) is 12.1 Å². The van der Waals surface area contributed by atoms with E-state index in [2.05, 4.69) is 35.8 Å². The van der Waals surface area contributed by atoms with Gasteiger partial charge in [-0.05, 0) is 60.7 Å². The van der Waals surface area contributed by atoms with Gasteiger partial charge in [-0.3, -0.25) is 9.97 Å². The monoisotopic (exact) mass is 412 g/mol. The van der Waals surface area contributed by atoms with Gasteiger partial charge in [-0.25, -0.2) is 4.98 Å². The third-order valence-electron chi connectivity index (χ3n) is 5.24. The molecule has 4 aromatic heterocycles. The topological polar surface area (TPSA) is 58.9 Å². The first-order chi connectivity index (χ1) is 14.8. The Balaban J connectivity index is 1.60. The molecule has 0 aromatic carbocycles. The number of nitrogens with one attached hydrogen (secondary N) is 1. The Hall–Kier alpha value is -3.58. The molecular formula is C23H20N6S. The lowest BCUT2D eigenvalue weighted by atomic mass is 10.0. The lowest BCUT2D eigenvalue weighted by Crippen LogP contribution is -2.30. The van der Waals surface area contributed by atoms with Gasteiger partial charge in [0.2, 0.25) is 0 Å². The summed E-state index contributed by atoms with van der Waals surface area (Å²) in [6.07, 6.45) is 7.46. The standard InChI is InChI=1S/C23H20N6S/c30-23-27-21(18-9-2-5-13-25-18)22(29(23)16-17-8-1-4-12-24-17)19-10-7-15-28(19)20-11-3-6-14-26-20/h1-15,21-22H,16H2,(H,27,30)/t21-,22-/m0/s1. The van der Waals surface area contributed by atoms with Crippen LogP contribution in [0.2, 0.25) is 0 Å². The second-order valence-electron chi connectivity index (χ2n) is 7.07. The predicted molar refractivity (Wildman–Crippen MR) is 119 cm³/mol. The average molecular weight is 413 g/mol. The minimum Gasteiger partial charge on any atom is -0.352 e. The van der Waals surface area contributed by atoms with E-state index in [1.807, 2.05) is 79.3 Å². The van der Waals surface area contributed by atoms with Crippen LogP contribution in [0.25, 0.3) is 5.82 Å². The van der Waals surface area contributed by atoms with E-state index < -0.39 is 0 Å². The van der Waals surface area contributed by atoms with Crippen LogP contribution in [0.15, 0.2) is 91.5 Å². The van der Waals surface area contributed by atoms with E-state index in [9.17, 15) is 0 Å². The predicted octanol–water partition coefficient (Wildman–Crippen LogP) is 3.84. The zero-order valence-corrected chi connectivity index (χ0v) is 17.0. The lowest BCUT2D eigenvalue weighted by Gasteiger charge is -2.28. The third kappa shape index (κ3) is 3.44. The fraction of sp³-hybridized carbons (Fsp3) is 0.130. The second-order valence-corrected chi connectivity index (χ2v) is 7.45. The van der Waals surface area contributed by atoms with Crippen molar-refractivity contribution in [1.82, 2.24) is 29.7 Å². The Labute approximate surface area is 180 Å². The summed E-state index contributed by atoms with van der Waals surface area (Å²) in [5.74, 6) is 0.868. The first-order valence-corrected chi connectivity index (χ1v) is 10.2. The Morgan fingerprint density at radius 1 is 0.833 bits per heavy atom. The second kappa shape index (κ2) is 8.04. The van der Waals surface area contributed by atoms with E-state index in [1.54, 1.807) is 6.20 Å². The van der Waals surface area contributed by atoms with Gasteiger partial charge in [0, 0.05) is 30.5 Å². The molecule has 0 spiro atoms. The highest BCUT2D eigenvalue weighted by Gasteiger charge is 2.41. The molecule has 5 heterocycles. The van der Waals surface area contributed by atoms with Crippen molar-refractivity contribution in [1.29, 1.82) is 0 Å². The number of hydrogen-bond acceptors (Lipinski definition) is 4. The highest BCUT2D eigenvalue weighted by molar-refractivity contribution is 7.80. The van der Waals surface area contributed by atoms with Crippen LogP contribution in [0.3, 0.4) is 0 Å². The van der Waals surface area contributed by atoms with Gasteiger partial charge >= 0.3 is 0 Å². The molecule has 0 unspecified atom stereocenters. The van der Waals surface area contributed by atoms with E-state index in [0.29, 0.717) is 11.7 Å². The fourth-order valence-electron chi connectivity index (χ4n) is 3.90. The first kappa shape index (κ1) is 18.4. The fourth-order valence-corrected chi connectivity index (χ4v) is 4.21. The molecule has 148 valence electrons. The Bertz CT molecular complexity index is 1130. The van der Waals surface area contributed by atoms with E-state index in [4.69, 9.17) is 12.2 Å². The van der Waals surface area contributed by atoms with Gasteiger partial charge < -0.3 is 14.8 Å². The Morgan fingerprint density at radius 3 is 2.30 bits per heavy atom. The Kier molecular flexibility index (Phi) is 4.94. The molecule has 0 amide bonds. The number of hydrogen-bond donors (Lipinski definition) is 1. The molecule has 1 saturated heterocycles. The van der Waals surface area contributed by atoms with Crippen molar-refractivity contribution in [3.05, 3.63) is 109 Å². The van der Waals surface area contributed by atoms with Crippen LogP contribution in [-0.4, -0.2) is 29.5 Å². The van der Waals surface area contributed by atoms with Crippen LogP contribution in [0.1, 0.15) is 29.2 Å². The maximum atomic E-state index is 5.76. The maximum absolute atomic E-state index is 5.76. The lowest BCUT2D eigenvalue weighted by molar-refractivity contribution is 0.299. The average Bonchev–Trinajstić information content (AvgIpc) is 3.40. The van der Waals surface area contributed by atoms with Crippen molar-refractivity contribution in [2.75, 3.05) is 0 Å². The molecule has 4 aromatic rings. The molecule has 0 aliphatic carbocycles. The third-order valence-corrected chi connectivity index (χ3v) is 5.59.